The molecule has 0 fully saturated rings. The lowest BCUT2D eigenvalue weighted by atomic mass is 9.89. The Morgan fingerprint density at radius 1 is 1.00 bits per heavy atom. The smallest absolute Gasteiger partial charge is 0.408 e. The van der Waals surface area contributed by atoms with Crippen molar-refractivity contribution in [3.05, 3.63) is 88.9 Å². The summed E-state index contributed by atoms with van der Waals surface area (Å²) in [7, 11) is 1.24. The van der Waals surface area contributed by atoms with E-state index in [0.717, 1.165) is 16.9 Å². The van der Waals surface area contributed by atoms with Crippen LogP contribution in [0.1, 0.15) is 69.4 Å². The Kier molecular flexibility index (Phi) is 11.0. The van der Waals surface area contributed by atoms with E-state index in [0.29, 0.717) is 22.8 Å². The predicted molar refractivity (Wildman–Crippen MR) is 176 cm³/mol. The average Bonchev–Trinajstić information content (AvgIpc) is 3.00. The molecule has 1 aliphatic heterocycles. The van der Waals surface area contributed by atoms with Gasteiger partial charge in [-0.1, -0.05) is 29.8 Å². The van der Waals surface area contributed by atoms with Gasteiger partial charge in [-0.05, 0) is 94.3 Å². The molecule has 4 rings (SSSR count). The topological polar surface area (TPSA) is 114 Å². The van der Waals surface area contributed by atoms with Gasteiger partial charge in [-0.3, -0.25) is 9.59 Å². The van der Waals surface area contributed by atoms with Gasteiger partial charge in [-0.25, -0.2) is 9.59 Å². The predicted octanol–water partition coefficient (Wildman–Crippen LogP) is 6.71. The summed E-state index contributed by atoms with van der Waals surface area (Å²) in [5.41, 5.74) is 2.09. The van der Waals surface area contributed by atoms with Crippen LogP contribution in [0.4, 0.5) is 16.2 Å². The van der Waals surface area contributed by atoms with E-state index in [4.69, 9.17) is 25.8 Å². The Morgan fingerprint density at radius 3 is 2.26 bits per heavy atom. The molecule has 3 amide bonds. The quantitative estimate of drug-likeness (QED) is 0.256. The number of benzene rings is 3. The van der Waals surface area contributed by atoms with Crippen LogP contribution < -0.4 is 19.9 Å². The van der Waals surface area contributed by atoms with Gasteiger partial charge in [0.15, 0.2) is 0 Å². The lowest BCUT2D eigenvalue weighted by Crippen LogP contribution is -2.47. The second kappa shape index (κ2) is 14.7. The van der Waals surface area contributed by atoms with Crippen molar-refractivity contribution in [2.24, 2.45) is 0 Å². The van der Waals surface area contributed by atoms with Gasteiger partial charge in [-0.15, -0.1) is 0 Å². The van der Waals surface area contributed by atoms with Crippen molar-refractivity contribution in [2.45, 2.75) is 71.2 Å². The van der Waals surface area contributed by atoms with E-state index in [1.807, 2.05) is 43.3 Å². The molecule has 0 saturated carbocycles. The minimum Gasteiger partial charge on any atom is -0.494 e. The highest BCUT2D eigenvalue weighted by atomic mass is 35.5. The van der Waals surface area contributed by atoms with Crippen LogP contribution in [0.2, 0.25) is 5.02 Å². The van der Waals surface area contributed by atoms with Crippen LogP contribution >= 0.6 is 11.6 Å². The Bertz CT molecular complexity index is 1550. The third-order valence-corrected chi connectivity index (χ3v) is 7.74. The van der Waals surface area contributed by atoms with Gasteiger partial charge in [0, 0.05) is 41.3 Å². The van der Waals surface area contributed by atoms with Gasteiger partial charge < -0.3 is 29.3 Å². The molecule has 3 aromatic rings. The van der Waals surface area contributed by atoms with Gasteiger partial charge >= 0.3 is 12.1 Å². The Hall–Kier alpha value is -4.57. The number of methoxy groups -OCH3 is 1. The normalized spacial score (nSPS) is 16.5. The number of nitrogens with zero attached hydrogens (tertiary/aromatic N) is 2. The van der Waals surface area contributed by atoms with Crippen LogP contribution in [0.5, 0.6) is 5.75 Å². The number of rotatable bonds is 9. The second-order valence-electron chi connectivity index (χ2n) is 12.1. The zero-order valence-corrected chi connectivity index (χ0v) is 27.7. The van der Waals surface area contributed by atoms with Crippen molar-refractivity contribution in [3.8, 4) is 5.75 Å². The van der Waals surface area contributed by atoms with Crippen molar-refractivity contribution >= 4 is 46.9 Å². The number of alkyl carbamates (subject to hydrolysis) is 1. The zero-order valence-electron chi connectivity index (χ0n) is 26.9. The van der Waals surface area contributed by atoms with E-state index in [9.17, 15) is 19.2 Å². The van der Waals surface area contributed by atoms with Crippen molar-refractivity contribution in [2.75, 3.05) is 23.5 Å². The monoisotopic (exact) mass is 649 g/mol. The summed E-state index contributed by atoms with van der Waals surface area (Å²) >= 11 is 6.11. The fourth-order valence-corrected chi connectivity index (χ4v) is 5.61. The molecule has 0 aliphatic carbocycles. The number of amides is 3. The Labute approximate surface area is 274 Å². The molecule has 0 aromatic heterocycles. The fourth-order valence-electron chi connectivity index (χ4n) is 5.49. The minimum absolute atomic E-state index is 0.0983. The molecule has 0 saturated heterocycles. The average molecular weight is 650 g/mol. The summed E-state index contributed by atoms with van der Waals surface area (Å²) in [6.45, 7) is 8.79. The highest BCUT2D eigenvalue weighted by Crippen LogP contribution is 2.43. The number of fused-ring (bicyclic) bond motifs is 1. The molecule has 1 unspecified atom stereocenters. The summed E-state index contributed by atoms with van der Waals surface area (Å²) in [5, 5.41) is 3.10. The number of hydrogen-bond acceptors (Lipinski definition) is 7. The van der Waals surface area contributed by atoms with E-state index in [1.165, 1.54) is 14.0 Å². The molecule has 0 bridgehead atoms. The van der Waals surface area contributed by atoms with E-state index >= 15 is 0 Å². The fraction of sp³-hybridized carbons (Fsp3) is 0.371. The van der Waals surface area contributed by atoms with E-state index in [1.54, 1.807) is 67.0 Å². The molecule has 244 valence electrons. The van der Waals surface area contributed by atoms with Crippen molar-refractivity contribution < 1.29 is 33.4 Å². The van der Waals surface area contributed by atoms with Crippen LogP contribution in [-0.4, -0.2) is 55.3 Å². The Balaban J connectivity index is 1.47. The largest absolute Gasteiger partial charge is 0.494 e. The van der Waals surface area contributed by atoms with Crippen molar-refractivity contribution in [1.29, 1.82) is 0 Å². The maximum absolute atomic E-state index is 13.9. The summed E-state index contributed by atoms with van der Waals surface area (Å²) in [6, 6.07) is 20.1. The molecular formula is C35H40ClN3O7. The molecule has 1 heterocycles. The number of carbonyl (C=O) groups excluding carboxylic acids is 4. The molecule has 0 radical (unpaired) electrons. The summed E-state index contributed by atoms with van der Waals surface area (Å²) in [5.74, 6) is -0.417. The summed E-state index contributed by atoms with van der Waals surface area (Å²) in [4.78, 5) is 54.7. The van der Waals surface area contributed by atoms with Gasteiger partial charge in [0.25, 0.3) is 5.91 Å². The van der Waals surface area contributed by atoms with Gasteiger partial charge in [-0.2, -0.15) is 0 Å². The maximum atomic E-state index is 13.9. The van der Waals surface area contributed by atoms with Crippen molar-refractivity contribution in [1.82, 2.24) is 5.32 Å². The number of ether oxygens (including phenoxy) is 3. The maximum Gasteiger partial charge on any atom is 0.408 e. The molecule has 3 atom stereocenters. The van der Waals surface area contributed by atoms with Crippen LogP contribution in [0.3, 0.4) is 0 Å². The van der Waals surface area contributed by atoms with E-state index < -0.39 is 23.7 Å². The third-order valence-electron chi connectivity index (χ3n) is 7.49. The minimum atomic E-state index is -0.955. The lowest BCUT2D eigenvalue weighted by molar-refractivity contribution is -0.143. The molecule has 3 aromatic carbocycles. The number of nitrogens with one attached hydrogen (secondary N) is 1. The molecule has 11 heteroatoms. The zero-order chi connectivity index (χ0) is 33.6. The third kappa shape index (κ3) is 8.37. The molecule has 1 N–H and O–H groups in total. The van der Waals surface area contributed by atoms with E-state index in [-0.39, 0.29) is 36.9 Å². The highest BCUT2D eigenvalue weighted by Gasteiger charge is 2.38. The van der Waals surface area contributed by atoms with Crippen LogP contribution in [-0.2, 0) is 19.1 Å². The molecular weight excluding hydrogens is 610 g/mol. The highest BCUT2D eigenvalue weighted by molar-refractivity contribution is 6.30. The van der Waals surface area contributed by atoms with Crippen LogP contribution in [0.25, 0.3) is 0 Å². The van der Waals surface area contributed by atoms with E-state index in [2.05, 4.69) is 5.32 Å². The number of esters is 1. The summed E-state index contributed by atoms with van der Waals surface area (Å²) in [6.07, 6.45) is -0.0573. The van der Waals surface area contributed by atoms with Crippen LogP contribution in [0, 0.1) is 0 Å². The SMILES string of the molecule is COC(=O)C(CCOc1ccc(C(=O)N2c3ccccc3[C@H](N(C(C)=O)c3ccc(Cl)cc3)C[C@@H]2C)cc1)NC(=O)OC(C)(C)C. The standard InChI is InChI=1S/C35H40ClN3O7/c1-22-21-31(39(23(2)40)26-15-13-25(36)14-16-26)28-9-7-8-10-30(28)38(22)32(41)24-11-17-27(18-12-24)45-20-19-29(33(42)44-6)37-34(43)46-35(3,4)5/h7-18,22,29,31H,19-21H2,1-6H3,(H,37,43)/t22-,29?,31+/m0/s1. The first kappa shape index (κ1) is 34.3. The number of hydrogen-bond donors (Lipinski definition) is 1. The summed E-state index contributed by atoms with van der Waals surface area (Å²) < 4.78 is 15.9. The van der Waals surface area contributed by atoms with Gasteiger partial charge in [0.05, 0.1) is 19.8 Å². The first-order chi connectivity index (χ1) is 21.8. The second-order valence-corrected chi connectivity index (χ2v) is 12.5. The molecule has 46 heavy (non-hydrogen) atoms. The van der Waals surface area contributed by atoms with Crippen LogP contribution in [0.15, 0.2) is 72.8 Å². The van der Waals surface area contributed by atoms with Crippen molar-refractivity contribution in [3.63, 3.8) is 0 Å². The Morgan fingerprint density at radius 2 is 1.65 bits per heavy atom. The molecule has 1 aliphatic rings. The number of para-hydroxylation sites is 1. The number of halogens is 1. The first-order valence-corrected chi connectivity index (χ1v) is 15.4. The van der Waals surface area contributed by atoms with Gasteiger partial charge in [0.1, 0.15) is 17.4 Å². The number of carbonyl (C=O) groups is 4. The number of anilines is 2. The molecule has 10 nitrogen and oxygen atoms in total. The first-order valence-electron chi connectivity index (χ1n) is 15.1. The lowest BCUT2D eigenvalue weighted by Gasteiger charge is -2.43. The molecule has 0 spiro atoms. The van der Waals surface area contributed by atoms with Gasteiger partial charge in [0.2, 0.25) is 5.91 Å².